The normalized spacial score (nSPS) is 12.9. The Balaban J connectivity index is 4.47. The molecule has 8 nitrogen and oxygen atoms in total. The summed E-state index contributed by atoms with van der Waals surface area (Å²) in [5.74, 6) is 0. The first-order valence-corrected chi connectivity index (χ1v) is 6.37. The highest BCUT2D eigenvalue weighted by atomic mass is 16.2. The van der Waals surface area contributed by atoms with Crippen molar-refractivity contribution in [3.8, 4) is 0 Å². The van der Waals surface area contributed by atoms with Crippen molar-refractivity contribution in [1.29, 1.82) is 0 Å². The van der Waals surface area contributed by atoms with Crippen LogP contribution in [-0.2, 0) is 9.59 Å². The molecule has 0 rings (SSSR count). The number of amides is 2. The molecule has 20 heavy (non-hydrogen) atoms. The first kappa shape index (κ1) is 18.1. The predicted molar refractivity (Wildman–Crippen MR) is 74.8 cm³/mol. The van der Waals surface area contributed by atoms with E-state index in [1.165, 1.54) is 0 Å². The summed E-state index contributed by atoms with van der Waals surface area (Å²) in [5, 5.41) is 17.8. The maximum Gasteiger partial charge on any atom is 0.231 e. The molecule has 114 valence electrons. The highest BCUT2D eigenvalue weighted by Gasteiger charge is 2.11. The minimum atomic E-state index is -0.364. The second kappa shape index (κ2) is 7.66. The molecule has 0 heterocycles. The van der Waals surface area contributed by atoms with Gasteiger partial charge < -0.3 is 0 Å². The first-order valence-electron chi connectivity index (χ1n) is 6.37. The highest BCUT2D eigenvalue weighted by molar-refractivity contribution is 5.47. The fourth-order valence-corrected chi connectivity index (χ4v) is 0.825. The zero-order chi connectivity index (χ0) is 15.8. The summed E-state index contributed by atoms with van der Waals surface area (Å²) in [6.07, 6.45) is 1.11. The summed E-state index contributed by atoms with van der Waals surface area (Å²) in [6.45, 7) is 11.6. The summed E-state index contributed by atoms with van der Waals surface area (Å²) in [7, 11) is 0. The largest absolute Gasteiger partial charge is 0.277 e. The van der Waals surface area contributed by atoms with E-state index in [0.29, 0.717) is 12.8 Å². The van der Waals surface area contributed by atoms with Gasteiger partial charge in [-0.1, -0.05) is 10.4 Å². The number of hydrogen-bond donors (Lipinski definition) is 0. The van der Waals surface area contributed by atoms with Gasteiger partial charge in [0.2, 0.25) is 12.8 Å². The fourth-order valence-electron chi connectivity index (χ4n) is 0.825. The first-order chi connectivity index (χ1) is 9.07. The minimum Gasteiger partial charge on any atom is -0.277 e. The highest BCUT2D eigenvalue weighted by Crippen LogP contribution is 2.08. The third-order valence-corrected chi connectivity index (χ3v) is 1.72. The Kier molecular flexibility index (Phi) is 6.95. The molecule has 0 aromatic heterocycles. The summed E-state index contributed by atoms with van der Waals surface area (Å²) >= 11 is 0. The van der Waals surface area contributed by atoms with Gasteiger partial charge in [-0.05, 0) is 41.5 Å². The lowest BCUT2D eigenvalue weighted by Crippen LogP contribution is -2.29. The van der Waals surface area contributed by atoms with Crippen LogP contribution in [0.5, 0.6) is 0 Å². The van der Waals surface area contributed by atoms with E-state index in [-0.39, 0.29) is 24.2 Å². The maximum atomic E-state index is 10.9. The van der Waals surface area contributed by atoms with Crippen LogP contribution in [0.4, 0.5) is 0 Å². The predicted octanol–water partition coefficient (Wildman–Crippen LogP) is 2.23. The van der Waals surface area contributed by atoms with E-state index in [1.807, 2.05) is 41.5 Å². The van der Waals surface area contributed by atoms with Gasteiger partial charge >= 0.3 is 0 Å². The smallest absolute Gasteiger partial charge is 0.231 e. The third kappa shape index (κ3) is 10.1. The molecular formula is C12H24N6O2. The number of hydrogen-bond acceptors (Lipinski definition) is 6. The zero-order valence-corrected chi connectivity index (χ0v) is 13.1. The van der Waals surface area contributed by atoms with E-state index in [9.17, 15) is 9.59 Å². The molecular weight excluding hydrogens is 260 g/mol. The van der Waals surface area contributed by atoms with Crippen LogP contribution in [-0.4, -0.2) is 47.0 Å². The molecule has 0 N–H and O–H groups in total. The lowest BCUT2D eigenvalue weighted by atomic mass is 10.1. The van der Waals surface area contributed by atoms with E-state index in [2.05, 4.69) is 20.7 Å². The molecule has 0 saturated heterocycles. The van der Waals surface area contributed by atoms with Gasteiger partial charge in [0.1, 0.15) is 0 Å². The Morgan fingerprint density at radius 1 is 0.750 bits per heavy atom. The van der Waals surface area contributed by atoms with Crippen molar-refractivity contribution in [2.45, 2.75) is 52.6 Å². The quantitative estimate of drug-likeness (QED) is 0.407. The fraction of sp³-hybridized carbons (Fsp3) is 0.833. The third-order valence-electron chi connectivity index (χ3n) is 1.72. The van der Waals surface area contributed by atoms with Crippen molar-refractivity contribution in [2.24, 2.45) is 20.7 Å². The van der Waals surface area contributed by atoms with E-state index in [0.717, 1.165) is 10.0 Å². The van der Waals surface area contributed by atoms with Crippen molar-refractivity contribution in [3.05, 3.63) is 0 Å². The monoisotopic (exact) mass is 284 g/mol. The van der Waals surface area contributed by atoms with Gasteiger partial charge in [-0.3, -0.25) is 9.59 Å². The Labute approximate surface area is 119 Å². The van der Waals surface area contributed by atoms with Crippen LogP contribution in [0.1, 0.15) is 41.5 Å². The molecule has 0 fully saturated rings. The molecule has 0 atom stereocenters. The zero-order valence-electron chi connectivity index (χ0n) is 13.1. The number of carbonyl (C=O) groups is 2. The van der Waals surface area contributed by atoms with Crippen LogP contribution in [0.15, 0.2) is 20.7 Å². The molecule has 8 heteroatoms. The van der Waals surface area contributed by atoms with Crippen LogP contribution >= 0.6 is 0 Å². The average molecular weight is 284 g/mol. The van der Waals surface area contributed by atoms with Crippen molar-refractivity contribution >= 4 is 12.8 Å². The molecule has 0 bridgehead atoms. The van der Waals surface area contributed by atoms with Crippen LogP contribution in [0.25, 0.3) is 0 Å². The van der Waals surface area contributed by atoms with E-state index >= 15 is 0 Å². The molecule has 0 aliphatic carbocycles. The molecule has 0 radical (unpaired) electrons. The number of rotatable bonds is 7. The van der Waals surface area contributed by atoms with E-state index in [1.54, 1.807) is 0 Å². The lowest BCUT2D eigenvalue weighted by Gasteiger charge is -2.17. The molecule has 0 aliphatic rings. The van der Waals surface area contributed by atoms with Gasteiger partial charge in [-0.25, -0.2) is 10.0 Å². The molecule has 0 aliphatic heterocycles. The molecule has 2 amide bonds. The van der Waals surface area contributed by atoms with Gasteiger partial charge in [0.15, 0.2) is 0 Å². The summed E-state index contributed by atoms with van der Waals surface area (Å²) in [6, 6.07) is 0. The molecule has 0 spiro atoms. The lowest BCUT2D eigenvalue weighted by molar-refractivity contribution is -0.122. The Morgan fingerprint density at radius 3 is 1.25 bits per heavy atom. The van der Waals surface area contributed by atoms with Gasteiger partial charge in [0, 0.05) is 0 Å². The molecule has 0 saturated carbocycles. The van der Waals surface area contributed by atoms with Gasteiger partial charge in [-0.2, -0.15) is 10.2 Å². The van der Waals surface area contributed by atoms with Gasteiger partial charge in [0.05, 0.1) is 24.2 Å². The Bertz CT molecular complexity index is 331. The Hall–Kier alpha value is -1.86. The number of carbonyl (C=O) groups excluding carboxylic acids is 2. The van der Waals surface area contributed by atoms with Crippen molar-refractivity contribution < 1.29 is 9.59 Å². The number of nitrogens with zero attached hydrogens (tertiary/aromatic N) is 6. The van der Waals surface area contributed by atoms with E-state index in [4.69, 9.17) is 0 Å². The minimum absolute atomic E-state index is 0.199. The van der Waals surface area contributed by atoms with Crippen molar-refractivity contribution in [2.75, 3.05) is 13.1 Å². The molecule has 0 aromatic carbocycles. The topological polar surface area (TPSA) is 90.1 Å². The van der Waals surface area contributed by atoms with Gasteiger partial charge in [-0.15, -0.1) is 0 Å². The Morgan fingerprint density at radius 2 is 1.05 bits per heavy atom. The summed E-state index contributed by atoms with van der Waals surface area (Å²) < 4.78 is 0. The van der Waals surface area contributed by atoms with Crippen molar-refractivity contribution in [1.82, 2.24) is 10.0 Å². The summed E-state index contributed by atoms with van der Waals surface area (Å²) in [4.78, 5) is 21.7. The van der Waals surface area contributed by atoms with Gasteiger partial charge in [0.25, 0.3) is 0 Å². The van der Waals surface area contributed by atoms with Crippen LogP contribution in [0.3, 0.4) is 0 Å². The van der Waals surface area contributed by atoms with Crippen LogP contribution in [0, 0.1) is 0 Å². The second-order valence-corrected chi connectivity index (χ2v) is 6.26. The SMILES string of the molecule is CC(C)(C)/N=N/N(C=O)CCN(C=O)/N=N/C(C)(C)C. The molecule has 0 unspecified atom stereocenters. The van der Waals surface area contributed by atoms with Crippen LogP contribution in [0.2, 0.25) is 0 Å². The van der Waals surface area contributed by atoms with Crippen molar-refractivity contribution in [3.63, 3.8) is 0 Å². The average Bonchev–Trinajstić information content (AvgIpc) is 2.30. The second-order valence-electron chi connectivity index (χ2n) is 6.26. The van der Waals surface area contributed by atoms with Crippen LogP contribution < -0.4 is 0 Å². The maximum absolute atomic E-state index is 10.9. The standard InChI is InChI=1S/C12H24N6O2/c1-11(2,3)13-15-17(9-19)7-8-18(10-20)16-14-12(4,5)6/h9-10H,7-8H2,1-6H3/b15-13+,16-14+. The summed E-state index contributed by atoms with van der Waals surface area (Å²) in [5.41, 5.74) is -0.727. The van der Waals surface area contributed by atoms with E-state index < -0.39 is 0 Å². The molecule has 0 aromatic rings.